The molecule has 1 aliphatic rings. The molecule has 1 fully saturated rings. The van der Waals surface area contributed by atoms with Crippen molar-refractivity contribution in [1.82, 2.24) is 14.8 Å². The SMILES string of the molecule is COc1ccc(COc2cc3c(=O)c(C(=O)NCCN4CCCC4)cn(C(C)(C)C)c3cc2OCc2ccc(OC)cc2)cc1. The zero-order chi connectivity index (χ0) is 32.0. The number of aromatic nitrogens is 1. The van der Waals surface area contributed by atoms with Crippen LogP contribution in [0.2, 0.25) is 0 Å². The van der Waals surface area contributed by atoms with E-state index in [1.807, 2.05) is 79.9 Å². The van der Waals surface area contributed by atoms with Crippen LogP contribution in [0.5, 0.6) is 23.0 Å². The van der Waals surface area contributed by atoms with Crippen LogP contribution < -0.4 is 29.7 Å². The number of pyridine rings is 1. The van der Waals surface area contributed by atoms with E-state index in [0.29, 0.717) is 28.9 Å². The zero-order valence-electron chi connectivity index (χ0n) is 26.9. The minimum absolute atomic E-state index is 0.104. The number of benzene rings is 3. The maximum absolute atomic E-state index is 13.9. The average Bonchev–Trinajstić information content (AvgIpc) is 3.56. The van der Waals surface area contributed by atoms with E-state index in [9.17, 15) is 9.59 Å². The Morgan fingerprint density at radius 2 is 1.36 bits per heavy atom. The van der Waals surface area contributed by atoms with Crippen LogP contribution in [-0.2, 0) is 18.8 Å². The van der Waals surface area contributed by atoms with E-state index < -0.39 is 5.54 Å². The lowest BCUT2D eigenvalue weighted by molar-refractivity contribution is 0.0948. The van der Waals surface area contributed by atoms with Crippen LogP contribution in [0, 0.1) is 0 Å². The van der Waals surface area contributed by atoms with Gasteiger partial charge < -0.3 is 33.7 Å². The molecule has 238 valence electrons. The number of ether oxygens (including phenoxy) is 4. The van der Waals surface area contributed by atoms with E-state index in [1.165, 1.54) is 12.8 Å². The molecule has 1 aromatic heterocycles. The third-order valence-electron chi connectivity index (χ3n) is 8.06. The topological polar surface area (TPSA) is 91.3 Å². The number of fused-ring (bicyclic) bond motifs is 1. The number of amides is 1. The van der Waals surface area contributed by atoms with Gasteiger partial charge in [-0.3, -0.25) is 9.59 Å². The normalized spacial score (nSPS) is 13.5. The molecular formula is C36H43N3O6. The molecule has 45 heavy (non-hydrogen) atoms. The predicted molar refractivity (Wildman–Crippen MR) is 176 cm³/mol. The molecule has 1 amide bonds. The molecule has 5 rings (SSSR count). The zero-order valence-corrected chi connectivity index (χ0v) is 26.9. The molecule has 0 bridgehead atoms. The Labute approximate surface area is 264 Å². The summed E-state index contributed by atoms with van der Waals surface area (Å²) in [5, 5.41) is 3.36. The number of hydrogen-bond donors (Lipinski definition) is 1. The minimum atomic E-state index is -0.435. The fraction of sp³-hybridized carbons (Fsp3) is 0.389. The van der Waals surface area contributed by atoms with E-state index >= 15 is 0 Å². The Morgan fingerprint density at radius 3 is 1.87 bits per heavy atom. The van der Waals surface area contributed by atoms with Crippen molar-refractivity contribution in [2.24, 2.45) is 0 Å². The fourth-order valence-electron chi connectivity index (χ4n) is 5.47. The molecule has 9 heteroatoms. The second kappa shape index (κ2) is 14.1. The van der Waals surface area contributed by atoms with Gasteiger partial charge in [-0.15, -0.1) is 0 Å². The van der Waals surface area contributed by atoms with E-state index in [1.54, 1.807) is 26.5 Å². The monoisotopic (exact) mass is 613 g/mol. The van der Waals surface area contributed by atoms with Gasteiger partial charge in [0.15, 0.2) is 11.5 Å². The highest BCUT2D eigenvalue weighted by Gasteiger charge is 2.24. The second-order valence-electron chi connectivity index (χ2n) is 12.3. The smallest absolute Gasteiger partial charge is 0.256 e. The summed E-state index contributed by atoms with van der Waals surface area (Å²) in [5.74, 6) is 2.04. The number of nitrogens with one attached hydrogen (secondary N) is 1. The molecule has 0 spiro atoms. The molecule has 9 nitrogen and oxygen atoms in total. The number of hydrogen-bond acceptors (Lipinski definition) is 7. The molecule has 0 saturated carbocycles. The fourth-order valence-corrected chi connectivity index (χ4v) is 5.47. The number of rotatable bonds is 12. The van der Waals surface area contributed by atoms with Crippen molar-refractivity contribution in [3.05, 3.63) is 93.8 Å². The van der Waals surface area contributed by atoms with Gasteiger partial charge in [0.2, 0.25) is 5.43 Å². The van der Waals surface area contributed by atoms with Crippen molar-refractivity contribution in [2.45, 2.75) is 52.4 Å². The Bertz CT molecular complexity index is 1670. The summed E-state index contributed by atoms with van der Waals surface area (Å²) in [7, 11) is 3.25. The van der Waals surface area contributed by atoms with Gasteiger partial charge in [-0.05, 0) is 88.2 Å². The van der Waals surface area contributed by atoms with Crippen molar-refractivity contribution in [1.29, 1.82) is 0 Å². The molecule has 0 unspecified atom stereocenters. The van der Waals surface area contributed by atoms with Crippen LogP contribution in [0.25, 0.3) is 10.9 Å². The van der Waals surface area contributed by atoms with Gasteiger partial charge in [0.1, 0.15) is 30.3 Å². The summed E-state index contributed by atoms with van der Waals surface area (Å²) in [6.07, 6.45) is 4.04. The van der Waals surface area contributed by atoms with Gasteiger partial charge in [-0.2, -0.15) is 0 Å². The lowest BCUT2D eigenvalue weighted by Gasteiger charge is -2.27. The highest BCUT2D eigenvalue weighted by molar-refractivity contribution is 5.98. The Kier molecular flexibility index (Phi) is 9.98. The average molecular weight is 614 g/mol. The van der Waals surface area contributed by atoms with Crippen LogP contribution in [0.1, 0.15) is 55.1 Å². The lowest BCUT2D eigenvalue weighted by atomic mass is 10.0. The van der Waals surface area contributed by atoms with Gasteiger partial charge in [0.25, 0.3) is 5.91 Å². The molecule has 0 aliphatic carbocycles. The Balaban J connectivity index is 1.51. The lowest BCUT2D eigenvalue weighted by Crippen LogP contribution is -2.36. The summed E-state index contributed by atoms with van der Waals surface area (Å²) in [5.41, 5.74) is 1.85. The molecule has 1 aliphatic heterocycles. The molecule has 1 N–H and O–H groups in total. The first-order valence-corrected chi connectivity index (χ1v) is 15.4. The van der Waals surface area contributed by atoms with Crippen molar-refractivity contribution < 1.29 is 23.7 Å². The van der Waals surface area contributed by atoms with Gasteiger partial charge in [-0.1, -0.05) is 24.3 Å². The Hall–Kier alpha value is -4.50. The first-order valence-electron chi connectivity index (χ1n) is 15.4. The van der Waals surface area contributed by atoms with Gasteiger partial charge in [-0.25, -0.2) is 0 Å². The van der Waals surface area contributed by atoms with E-state index in [-0.39, 0.29) is 30.1 Å². The van der Waals surface area contributed by atoms with Gasteiger partial charge >= 0.3 is 0 Å². The van der Waals surface area contributed by atoms with E-state index in [2.05, 4.69) is 10.2 Å². The highest BCUT2D eigenvalue weighted by Crippen LogP contribution is 2.35. The van der Waals surface area contributed by atoms with Crippen LogP contribution in [0.3, 0.4) is 0 Å². The van der Waals surface area contributed by atoms with Crippen LogP contribution >= 0.6 is 0 Å². The van der Waals surface area contributed by atoms with Crippen LogP contribution in [0.15, 0.2) is 71.7 Å². The molecule has 0 atom stereocenters. The highest BCUT2D eigenvalue weighted by atomic mass is 16.5. The van der Waals surface area contributed by atoms with Gasteiger partial charge in [0, 0.05) is 30.9 Å². The summed E-state index contributed by atoms with van der Waals surface area (Å²) in [4.78, 5) is 29.6. The summed E-state index contributed by atoms with van der Waals surface area (Å²) >= 11 is 0. The van der Waals surface area contributed by atoms with E-state index in [0.717, 1.165) is 42.3 Å². The van der Waals surface area contributed by atoms with Gasteiger partial charge in [0.05, 0.1) is 25.1 Å². The van der Waals surface area contributed by atoms with Crippen molar-refractivity contribution in [3.63, 3.8) is 0 Å². The molecule has 3 aromatic carbocycles. The maximum Gasteiger partial charge on any atom is 0.256 e. The first-order chi connectivity index (χ1) is 21.7. The molecule has 4 aromatic rings. The standard InChI is InChI=1S/C36H43N3O6/c1-36(2,3)39-22-30(35(41)37-16-19-38-17-6-7-18-38)34(40)29-20-32(44-23-25-8-12-27(42-4)13-9-25)33(21-31(29)39)45-24-26-10-14-28(43-5)15-11-26/h8-15,20-22H,6-7,16-19,23-24H2,1-5H3,(H,37,41). The number of nitrogens with zero attached hydrogens (tertiary/aromatic N) is 2. The largest absolute Gasteiger partial charge is 0.497 e. The Morgan fingerprint density at radius 1 is 0.822 bits per heavy atom. The molecular weight excluding hydrogens is 570 g/mol. The van der Waals surface area contributed by atoms with Crippen molar-refractivity contribution in [3.8, 4) is 23.0 Å². The number of likely N-dealkylation sites (tertiary alicyclic amines) is 1. The predicted octanol–water partition coefficient (Wildman–Crippen LogP) is 5.76. The van der Waals surface area contributed by atoms with Crippen LogP contribution in [-0.4, -0.2) is 55.8 Å². The summed E-state index contributed by atoms with van der Waals surface area (Å²) in [6.45, 7) is 10.00. The molecule has 1 saturated heterocycles. The number of methoxy groups -OCH3 is 2. The third-order valence-corrected chi connectivity index (χ3v) is 8.06. The summed E-state index contributed by atoms with van der Waals surface area (Å²) in [6, 6.07) is 18.8. The molecule has 0 radical (unpaired) electrons. The van der Waals surface area contributed by atoms with Crippen molar-refractivity contribution in [2.75, 3.05) is 40.4 Å². The third kappa shape index (κ3) is 7.78. The first kappa shape index (κ1) is 31.9. The maximum atomic E-state index is 13.9. The quantitative estimate of drug-likeness (QED) is 0.217. The number of carbonyl (C=O) groups excluding carboxylic acids is 1. The number of carbonyl (C=O) groups is 1. The minimum Gasteiger partial charge on any atom is -0.497 e. The molecule has 2 heterocycles. The van der Waals surface area contributed by atoms with Crippen LogP contribution in [0.4, 0.5) is 0 Å². The second-order valence-corrected chi connectivity index (χ2v) is 12.3. The van der Waals surface area contributed by atoms with Crippen molar-refractivity contribution >= 4 is 16.8 Å². The van der Waals surface area contributed by atoms with E-state index in [4.69, 9.17) is 18.9 Å². The summed E-state index contributed by atoms with van der Waals surface area (Å²) < 4.78 is 25.2.